The third-order valence-electron chi connectivity index (χ3n) is 6.16. The molecule has 8 heteroatoms. The van der Waals surface area contributed by atoms with E-state index in [1.54, 1.807) is 12.1 Å². The Balaban J connectivity index is 1.33. The van der Waals surface area contributed by atoms with Gasteiger partial charge in [-0.25, -0.2) is 0 Å². The lowest BCUT2D eigenvalue weighted by Gasteiger charge is -2.26. The molecule has 0 aromatic heterocycles. The highest BCUT2D eigenvalue weighted by molar-refractivity contribution is 5.88. The number of non-ortho nitro benzene ring substituents is 1. The van der Waals surface area contributed by atoms with Crippen molar-refractivity contribution in [2.45, 2.75) is 32.0 Å². The molecule has 2 saturated carbocycles. The minimum Gasteiger partial charge on any atom is -0.373 e. The molecular formula is C18H21N3O5. The summed E-state index contributed by atoms with van der Waals surface area (Å²) in [6.45, 7) is 0.0620. The van der Waals surface area contributed by atoms with Crippen molar-refractivity contribution in [1.82, 2.24) is 10.2 Å². The van der Waals surface area contributed by atoms with Crippen LogP contribution in [0.1, 0.15) is 24.8 Å². The van der Waals surface area contributed by atoms with Crippen molar-refractivity contribution >= 4 is 17.5 Å². The lowest BCUT2D eigenvalue weighted by molar-refractivity contribution is -0.384. The highest BCUT2D eigenvalue weighted by Crippen LogP contribution is 2.57. The monoisotopic (exact) mass is 359 g/mol. The number of nitrogens with one attached hydrogen (secondary N) is 1. The fourth-order valence-corrected chi connectivity index (χ4v) is 4.98. The summed E-state index contributed by atoms with van der Waals surface area (Å²) in [7, 11) is 0. The average Bonchev–Trinajstić information content (AvgIpc) is 3.30. The maximum Gasteiger partial charge on any atom is 0.269 e. The molecule has 138 valence electrons. The van der Waals surface area contributed by atoms with Gasteiger partial charge in [0, 0.05) is 30.5 Å². The van der Waals surface area contributed by atoms with Gasteiger partial charge >= 0.3 is 0 Å². The molecule has 1 aromatic rings. The predicted octanol–water partition coefficient (Wildman–Crippen LogP) is 1.03. The SMILES string of the molecule is O=C(CN1C(=O)[C@@H]2[C@@H]3CC[C@@H](C3)[C@@H]2C1O)NCc1ccc([N+](=O)[O-])cc1. The Morgan fingerprint density at radius 3 is 2.62 bits per heavy atom. The second-order valence-corrected chi connectivity index (χ2v) is 7.52. The Morgan fingerprint density at radius 2 is 1.96 bits per heavy atom. The summed E-state index contributed by atoms with van der Waals surface area (Å²) in [6, 6.07) is 5.92. The van der Waals surface area contributed by atoms with Gasteiger partial charge in [-0.15, -0.1) is 0 Å². The molecule has 8 nitrogen and oxygen atoms in total. The van der Waals surface area contributed by atoms with Crippen LogP contribution in [0.2, 0.25) is 0 Å². The van der Waals surface area contributed by atoms with Crippen molar-refractivity contribution in [3.05, 3.63) is 39.9 Å². The summed E-state index contributed by atoms with van der Waals surface area (Å²) in [6.07, 6.45) is 2.27. The van der Waals surface area contributed by atoms with Gasteiger partial charge in [0.2, 0.25) is 11.8 Å². The average molecular weight is 359 g/mol. The second kappa shape index (κ2) is 6.35. The third-order valence-corrected chi connectivity index (χ3v) is 6.16. The Labute approximate surface area is 150 Å². The highest BCUT2D eigenvalue weighted by atomic mass is 16.6. The number of rotatable bonds is 5. The van der Waals surface area contributed by atoms with Gasteiger partial charge < -0.3 is 15.3 Å². The molecule has 4 rings (SSSR count). The zero-order chi connectivity index (χ0) is 18.4. The van der Waals surface area contributed by atoms with Crippen LogP contribution in [0.25, 0.3) is 0 Å². The number of nitro groups is 1. The van der Waals surface area contributed by atoms with Gasteiger partial charge in [0.05, 0.1) is 4.92 Å². The molecule has 2 bridgehead atoms. The summed E-state index contributed by atoms with van der Waals surface area (Å²) < 4.78 is 0. The maximum absolute atomic E-state index is 12.6. The number of likely N-dealkylation sites (tertiary alicyclic amines) is 1. The van der Waals surface area contributed by atoms with Crippen LogP contribution < -0.4 is 5.32 Å². The Kier molecular flexibility index (Phi) is 4.14. The van der Waals surface area contributed by atoms with Gasteiger partial charge in [-0.1, -0.05) is 12.1 Å². The van der Waals surface area contributed by atoms with E-state index in [4.69, 9.17) is 0 Å². The molecule has 2 amide bonds. The smallest absolute Gasteiger partial charge is 0.269 e. The number of nitro benzene ring substituents is 1. The van der Waals surface area contributed by atoms with E-state index in [1.165, 1.54) is 17.0 Å². The maximum atomic E-state index is 12.6. The van der Waals surface area contributed by atoms with Crippen molar-refractivity contribution < 1.29 is 19.6 Å². The van der Waals surface area contributed by atoms with E-state index >= 15 is 0 Å². The molecule has 26 heavy (non-hydrogen) atoms. The molecule has 2 aliphatic carbocycles. The molecular weight excluding hydrogens is 338 g/mol. The number of nitrogens with zero attached hydrogens (tertiary/aromatic N) is 2. The summed E-state index contributed by atoms with van der Waals surface area (Å²) in [5.74, 6) is 0.177. The summed E-state index contributed by atoms with van der Waals surface area (Å²) >= 11 is 0. The first-order valence-corrected chi connectivity index (χ1v) is 8.94. The quantitative estimate of drug-likeness (QED) is 0.602. The third kappa shape index (κ3) is 2.74. The topological polar surface area (TPSA) is 113 Å². The number of carbonyl (C=O) groups excluding carboxylic acids is 2. The van der Waals surface area contributed by atoms with E-state index in [0.717, 1.165) is 24.8 Å². The number of hydrogen-bond acceptors (Lipinski definition) is 5. The molecule has 3 aliphatic rings. The Hall–Kier alpha value is -2.48. The number of fused-ring (bicyclic) bond motifs is 5. The van der Waals surface area contributed by atoms with E-state index in [-0.39, 0.29) is 42.4 Å². The van der Waals surface area contributed by atoms with Crippen LogP contribution in [-0.4, -0.2) is 39.5 Å². The highest BCUT2D eigenvalue weighted by Gasteiger charge is 2.60. The van der Waals surface area contributed by atoms with Gasteiger partial charge in [-0.2, -0.15) is 0 Å². The van der Waals surface area contributed by atoms with Gasteiger partial charge in [0.15, 0.2) is 0 Å². The largest absolute Gasteiger partial charge is 0.373 e. The molecule has 1 saturated heterocycles. The van der Waals surface area contributed by atoms with Crippen LogP contribution in [0.4, 0.5) is 5.69 Å². The minimum atomic E-state index is -0.868. The number of hydrogen-bond donors (Lipinski definition) is 2. The van der Waals surface area contributed by atoms with Gasteiger partial charge in [0.25, 0.3) is 5.69 Å². The molecule has 5 atom stereocenters. The van der Waals surface area contributed by atoms with E-state index in [1.807, 2.05) is 0 Å². The van der Waals surface area contributed by atoms with E-state index in [0.29, 0.717) is 11.8 Å². The second-order valence-electron chi connectivity index (χ2n) is 7.52. The predicted molar refractivity (Wildman–Crippen MR) is 90.5 cm³/mol. The lowest BCUT2D eigenvalue weighted by Crippen LogP contribution is -2.43. The van der Waals surface area contributed by atoms with E-state index in [9.17, 15) is 24.8 Å². The van der Waals surface area contributed by atoms with Crippen LogP contribution in [0.5, 0.6) is 0 Å². The first-order chi connectivity index (χ1) is 12.5. The van der Waals surface area contributed by atoms with Crippen molar-refractivity contribution in [2.75, 3.05) is 6.54 Å². The lowest BCUT2D eigenvalue weighted by atomic mass is 9.81. The number of benzene rings is 1. The summed E-state index contributed by atoms with van der Waals surface area (Å²) in [5, 5.41) is 23.9. The fraction of sp³-hybridized carbons (Fsp3) is 0.556. The normalized spacial score (nSPS) is 32.0. The Bertz CT molecular complexity index is 750. The molecule has 1 unspecified atom stereocenters. The standard InChI is InChI=1S/C18H21N3O5/c22-14(19-8-10-1-5-13(6-2-10)21(25)26)9-20-17(23)15-11-3-4-12(7-11)16(15)18(20)24/h1-2,5-6,11-12,15-17,23H,3-4,7-9H2,(H,19,22)/t11-,12+,15-,16+,17?/m0/s1. The number of aliphatic hydroxyl groups is 1. The number of aliphatic hydroxyl groups excluding tert-OH is 1. The molecule has 2 N–H and O–H groups in total. The van der Waals surface area contributed by atoms with Gasteiger partial charge in [0.1, 0.15) is 12.8 Å². The first-order valence-electron chi connectivity index (χ1n) is 8.94. The van der Waals surface area contributed by atoms with Crippen molar-refractivity contribution in [1.29, 1.82) is 0 Å². The minimum absolute atomic E-state index is 0.00738. The first kappa shape index (κ1) is 17.0. The fourth-order valence-electron chi connectivity index (χ4n) is 4.98. The summed E-state index contributed by atoms with van der Waals surface area (Å²) in [4.78, 5) is 36.3. The Morgan fingerprint density at radius 1 is 1.27 bits per heavy atom. The van der Waals surface area contributed by atoms with Gasteiger partial charge in [-0.05, 0) is 36.7 Å². The zero-order valence-corrected chi connectivity index (χ0v) is 14.2. The number of carbonyl (C=O) groups is 2. The van der Waals surface area contributed by atoms with Crippen LogP contribution in [0.15, 0.2) is 24.3 Å². The molecule has 1 aromatic carbocycles. The molecule has 0 radical (unpaired) electrons. The van der Waals surface area contributed by atoms with Crippen LogP contribution in [0, 0.1) is 33.8 Å². The summed E-state index contributed by atoms with van der Waals surface area (Å²) in [5.41, 5.74) is 0.721. The number of amides is 2. The van der Waals surface area contributed by atoms with Crippen molar-refractivity contribution in [2.24, 2.45) is 23.7 Å². The van der Waals surface area contributed by atoms with Crippen molar-refractivity contribution in [3.63, 3.8) is 0 Å². The molecule has 1 aliphatic heterocycles. The molecule has 0 spiro atoms. The van der Waals surface area contributed by atoms with E-state index in [2.05, 4.69) is 5.32 Å². The van der Waals surface area contributed by atoms with Gasteiger partial charge in [-0.3, -0.25) is 19.7 Å². The van der Waals surface area contributed by atoms with Crippen LogP contribution in [-0.2, 0) is 16.1 Å². The van der Waals surface area contributed by atoms with Crippen LogP contribution >= 0.6 is 0 Å². The molecule has 3 fully saturated rings. The van der Waals surface area contributed by atoms with Crippen LogP contribution in [0.3, 0.4) is 0 Å². The van der Waals surface area contributed by atoms with E-state index < -0.39 is 11.2 Å². The molecule has 1 heterocycles. The van der Waals surface area contributed by atoms with Crippen molar-refractivity contribution in [3.8, 4) is 0 Å². The zero-order valence-electron chi connectivity index (χ0n) is 14.2.